The van der Waals surface area contributed by atoms with Gasteiger partial charge in [-0.25, -0.2) is 9.37 Å². The Kier molecular flexibility index (Phi) is 6.34. The van der Waals surface area contributed by atoms with E-state index >= 15 is 0 Å². The number of carbonyl (C=O) groups excluding carboxylic acids is 1. The first-order valence-electron chi connectivity index (χ1n) is 10.6. The first kappa shape index (κ1) is 20.8. The average Bonchev–Trinajstić information content (AvgIpc) is 2.97. The predicted octanol–water partition coefficient (Wildman–Crippen LogP) is 2.58. The molecular formula is C22H29FN4O3. The summed E-state index contributed by atoms with van der Waals surface area (Å²) in [6, 6.07) is 5.16. The number of piperidine rings is 1. The van der Waals surface area contributed by atoms with Crippen molar-refractivity contribution in [1.29, 1.82) is 0 Å². The third-order valence-corrected chi connectivity index (χ3v) is 6.08. The molecule has 0 radical (unpaired) electrons. The van der Waals surface area contributed by atoms with Crippen molar-refractivity contribution in [3.8, 4) is 17.2 Å². The Balaban J connectivity index is 1.36. The van der Waals surface area contributed by atoms with Crippen molar-refractivity contribution in [3.63, 3.8) is 0 Å². The van der Waals surface area contributed by atoms with E-state index in [2.05, 4.69) is 20.1 Å². The highest BCUT2D eigenvalue weighted by Crippen LogP contribution is 2.28. The number of nitrogens with zero attached hydrogens (tertiary/aromatic N) is 3. The second kappa shape index (κ2) is 9.14. The van der Waals surface area contributed by atoms with Crippen molar-refractivity contribution >= 4 is 5.91 Å². The maximum atomic E-state index is 13.7. The molecule has 1 aromatic carbocycles. The molecule has 2 aliphatic rings. The smallest absolute Gasteiger partial charge is 0.226 e. The molecule has 162 valence electrons. The summed E-state index contributed by atoms with van der Waals surface area (Å²) >= 11 is 0. The number of likely N-dealkylation sites (tertiary alicyclic amines) is 1. The molecule has 2 aromatic rings. The van der Waals surface area contributed by atoms with Gasteiger partial charge in [0.05, 0.1) is 12.8 Å². The molecule has 2 aliphatic heterocycles. The van der Waals surface area contributed by atoms with E-state index in [1.54, 1.807) is 12.1 Å². The van der Waals surface area contributed by atoms with Gasteiger partial charge in [-0.15, -0.1) is 0 Å². The van der Waals surface area contributed by atoms with Crippen LogP contribution in [0.25, 0.3) is 11.5 Å². The van der Waals surface area contributed by atoms with Crippen LogP contribution in [0.15, 0.2) is 22.6 Å². The lowest BCUT2D eigenvalue weighted by molar-refractivity contribution is -0.120. The van der Waals surface area contributed by atoms with Crippen molar-refractivity contribution in [2.24, 2.45) is 0 Å². The zero-order valence-electron chi connectivity index (χ0n) is 17.6. The molecule has 2 fully saturated rings. The minimum atomic E-state index is -0.405. The highest BCUT2D eigenvalue weighted by atomic mass is 19.1. The minimum Gasteiger partial charge on any atom is -0.494 e. The van der Waals surface area contributed by atoms with Crippen LogP contribution in [0.1, 0.15) is 30.7 Å². The van der Waals surface area contributed by atoms with Crippen LogP contribution in [0.3, 0.4) is 0 Å². The van der Waals surface area contributed by atoms with Crippen molar-refractivity contribution < 1.29 is 18.3 Å². The number of carbonyl (C=O) groups is 1. The van der Waals surface area contributed by atoms with E-state index in [1.165, 1.54) is 13.2 Å². The molecule has 0 bridgehead atoms. The van der Waals surface area contributed by atoms with Crippen LogP contribution in [-0.4, -0.2) is 66.6 Å². The summed E-state index contributed by atoms with van der Waals surface area (Å²) in [7, 11) is 1.44. The van der Waals surface area contributed by atoms with E-state index in [-0.39, 0.29) is 11.7 Å². The molecule has 30 heavy (non-hydrogen) atoms. The molecule has 7 nitrogen and oxygen atoms in total. The number of ether oxygens (including phenoxy) is 1. The average molecular weight is 416 g/mol. The van der Waals surface area contributed by atoms with Crippen LogP contribution in [0.5, 0.6) is 5.75 Å². The van der Waals surface area contributed by atoms with Crippen molar-refractivity contribution in [3.05, 3.63) is 35.5 Å². The van der Waals surface area contributed by atoms with E-state index in [0.29, 0.717) is 23.9 Å². The summed E-state index contributed by atoms with van der Waals surface area (Å²) in [6.45, 7) is 7.17. The Bertz CT molecular complexity index is 893. The van der Waals surface area contributed by atoms with E-state index in [9.17, 15) is 9.18 Å². The Morgan fingerprint density at radius 2 is 2.07 bits per heavy atom. The molecule has 1 aromatic heterocycles. The fraction of sp³-hybridized carbons (Fsp3) is 0.545. The Labute approximate surface area is 176 Å². The number of hydrogen-bond donors (Lipinski definition) is 1. The van der Waals surface area contributed by atoms with E-state index in [1.807, 2.05) is 6.92 Å². The highest BCUT2D eigenvalue weighted by molar-refractivity contribution is 5.76. The Hall–Kier alpha value is -2.45. The van der Waals surface area contributed by atoms with Crippen LogP contribution in [0, 0.1) is 12.7 Å². The van der Waals surface area contributed by atoms with Crippen LogP contribution in [0.4, 0.5) is 4.39 Å². The van der Waals surface area contributed by atoms with Gasteiger partial charge in [-0.1, -0.05) is 0 Å². The summed E-state index contributed by atoms with van der Waals surface area (Å²) < 4.78 is 24.6. The van der Waals surface area contributed by atoms with Crippen molar-refractivity contribution in [1.82, 2.24) is 20.1 Å². The van der Waals surface area contributed by atoms with Gasteiger partial charge in [0, 0.05) is 57.3 Å². The number of amides is 1. The molecule has 0 atom stereocenters. The normalized spacial score (nSPS) is 19.5. The number of benzene rings is 1. The maximum Gasteiger partial charge on any atom is 0.226 e. The third kappa shape index (κ3) is 4.65. The second-order valence-corrected chi connectivity index (χ2v) is 8.01. The third-order valence-electron chi connectivity index (χ3n) is 6.08. The zero-order valence-corrected chi connectivity index (χ0v) is 17.6. The molecule has 2 saturated heterocycles. The summed E-state index contributed by atoms with van der Waals surface area (Å²) in [6.07, 6.45) is 2.77. The standard InChI is InChI=1S/C22H29FN4O3/c1-15-19(25-22(30-15)16-3-4-18(23)20(13-16)29-2)14-26-9-5-17(6-10-26)27-11-7-21(28)24-8-12-27/h3-4,13,17H,5-12,14H2,1-2H3,(H,24,28). The number of aromatic nitrogens is 1. The van der Waals surface area contributed by atoms with Gasteiger partial charge in [0.25, 0.3) is 0 Å². The van der Waals surface area contributed by atoms with E-state index in [0.717, 1.165) is 63.6 Å². The van der Waals surface area contributed by atoms with Gasteiger partial charge in [-0.05, 0) is 38.0 Å². The zero-order chi connectivity index (χ0) is 21.1. The monoisotopic (exact) mass is 416 g/mol. The molecule has 0 spiro atoms. The van der Waals surface area contributed by atoms with Gasteiger partial charge in [0.2, 0.25) is 11.8 Å². The fourth-order valence-corrected chi connectivity index (χ4v) is 4.29. The summed E-state index contributed by atoms with van der Waals surface area (Å²) in [4.78, 5) is 21.1. The number of halogens is 1. The molecule has 8 heteroatoms. The van der Waals surface area contributed by atoms with E-state index < -0.39 is 5.82 Å². The van der Waals surface area contributed by atoms with Gasteiger partial charge >= 0.3 is 0 Å². The summed E-state index contributed by atoms with van der Waals surface area (Å²) in [5, 5.41) is 2.95. The van der Waals surface area contributed by atoms with Gasteiger partial charge in [0.1, 0.15) is 5.76 Å². The number of hydrogen-bond acceptors (Lipinski definition) is 6. The molecule has 0 unspecified atom stereocenters. The molecule has 0 aliphatic carbocycles. The van der Waals surface area contributed by atoms with Gasteiger partial charge < -0.3 is 14.5 Å². The number of aryl methyl sites for hydroxylation is 1. The van der Waals surface area contributed by atoms with Gasteiger partial charge in [0.15, 0.2) is 11.6 Å². The summed E-state index contributed by atoms with van der Waals surface area (Å²) in [5.41, 5.74) is 1.61. The first-order valence-corrected chi connectivity index (χ1v) is 10.6. The Morgan fingerprint density at radius 3 is 2.83 bits per heavy atom. The molecular weight excluding hydrogens is 387 g/mol. The second-order valence-electron chi connectivity index (χ2n) is 8.01. The van der Waals surface area contributed by atoms with Crippen molar-refractivity contribution in [2.75, 3.05) is 39.8 Å². The lowest BCUT2D eigenvalue weighted by Crippen LogP contribution is -2.45. The molecule has 3 heterocycles. The topological polar surface area (TPSA) is 70.8 Å². The van der Waals surface area contributed by atoms with Gasteiger partial charge in [-0.2, -0.15) is 0 Å². The maximum absolute atomic E-state index is 13.7. The number of rotatable bonds is 5. The molecule has 1 N–H and O–H groups in total. The molecule has 4 rings (SSSR count). The van der Waals surface area contributed by atoms with Crippen LogP contribution >= 0.6 is 0 Å². The lowest BCUT2D eigenvalue weighted by atomic mass is 10.0. The number of nitrogens with one attached hydrogen (secondary N) is 1. The van der Waals surface area contributed by atoms with Crippen LogP contribution in [-0.2, 0) is 11.3 Å². The Morgan fingerprint density at radius 1 is 1.27 bits per heavy atom. The summed E-state index contributed by atoms with van der Waals surface area (Å²) in [5.74, 6) is 1.20. The number of oxazole rings is 1. The van der Waals surface area contributed by atoms with Crippen LogP contribution < -0.4 is 10.1 Å². The number of methoxy groups -OCH3 is 1. The highest BCUT2D eigenvalue weighted by Gasteiger charge is 2.27. The fourth-order valence-electron chi connectivity index (χ4n) is 4.29. The first-order chi connectivity index (χ1) is 14.5. The van der Waals surface area contributed by atoms with Crippen molar-refractivity contribution in [2.45, 2.75) is 38.8 Å². The molecule has 0 saturated carbocycles. The minimum absolute atomic E-state index is 0.158. The predicted molar refractivity (Wildman–Crippen MR) is 111 cm³/mol. The largest absolute Gasteiger partial charge is 0.494 e. The van der Waals surface area contributed by atoms with Gasteiger partial charge in [-0.3, -0.25) is 14.6 Å². The van der Waals surface area contributed by atoms with E-state index in [4.69, 9.17) is 9.15 Å². The van der Waals surface area contributed by atoms with Crippen LogP contribution in [0.2, 0.25) is 0 Å². The lowest BCUT2D eigenvalue weighted by Gasteiger charge is -2.37. The quantitative estimate of drug-likeness (QED) is 0.808. The molecule has 1 amide bonds. The SMILES string of the molecule is COc1cc(-c2nc(CN3CCC(N4CCNC(=O)CC4)CC3)c(C)o2)ccc1F.